The number of benzene rings is 2. The zero-order chi connectivity index (χ0) is 16.5. The van der Waals surface area contributed by atoms with Crippen LogP contribution in [0, 0.1) is 0 Å². The van der Waals surface area contributed by atoms with Crippen molar-refractivity contribution in [3.63, 3.8) is 0 Å². The fourth-order valence-electron chi connectivity index (χ4n) is 2.46. The number of ether oxygens (including phenoxy) is 1. The molecule has 0 fully saturated rings. The van der Waals surface area contributed by atoms with Crippen molar-refractivity contribution in [2.75, 3.05) is 26.7 Å². The molecule has 130 valence electrons. The van der Waals surface area contributed by atoms with E-state index in [1.54, 1.807) is 7.11 Å². The normalized spacial score (nSPS) is 9.92. The van der Waals surface area contributed by atoms with Crippen LogP contribution in [0.15, 0.2) is 54.6 Å². The standard InChI is InChI=1S/C19H24N2O2.ClH/c1-23-18-9-7-17(8-10-18)15-19(22)21(14-12-20)13-11-16-5-3-2-4-6-16;/h2-10H,11-15,20H2,1H3;1H. The van der Waals surface area contributed by atoms with Crippen molar-refractivity contribution < 1.29 is 9.53 Å². The molecule has 0 radical (unpaired) electrons. The Morgan fingerprint density at radius 2 is 1.67 bits per heavy atom. The second-order valence-corrected chi connectivity index (χ2v) is 5.43. The van der Waals surface area contributed by atoms with Gasteiger partial charge in [0, 0.05) is 19.6 Å². The molecule has 0 aliphatic heterocycles. The van der Waals surface area contributed by atoms with Gasteiger partial charge in [0.2, 0.25) is 5.91 Å². The Bertz CT molecular complexity index is 603. The molecule has 0 bridgehead atoms. The number of carbonyl (C=O) groups excluding carboxylic acids is 1. The van der Waals surface area contributed by atoms with E-state index in [0.717, 1.165) is 17.7 Å². The number of carbonyl (C=O) groups is 1. The lowest BCUT2D eigenvalue weighted by Gasteiger charge is -2.22. The fourth-order valence-corrected chi connectivity index (χ4v) is 2.46. The molecule has 1 amide bonds. The topological polar surface area (TPSA) is 55.6 Å². The number of hydrogen-bond acceptors (Lipinski definition) is 3. The molecule has 0 unspecified atom stereocenters. The molecule has 2 aromatic carbocycles. The Morgan fingerprint density at radius 1 is 1.00 bits per heavy atom. The van der Waals surface area contributed by atoms with E-state index in [0.29, 0.717) is 26.1 Å². The number of rotatable bonds is 8. The van der Waals surface area contributed by atoms with E-state index in [1.165, 1.54) is 5.56 Å². The number of hydrogen-bond donors (Lipinski definition) is 1. The van der Waals surface area contributed by atoms with E-state index in [2.05, 4.69) is 12.1 Å². The Kier molecular flexibility index (Phi) is 8.90. The molecule has 2 rings (SSSR count). The van der Waals surface area contributed by atoms with Crippen LogP contribution in [0.25, 0.3) is 0 Å². The van der Waals surface area contributed by atoms with Gasteiger partial charge in [-0.15, -0.1) is 12.4 Å². The van der Waals surface area contributed by atoms with Crippen molar-refractivity contribution in [2.24, 2.45) is 5.73 Å². The van der Waals surface area contributed by atoms with Crippen LogP contribution in [0.1, 0.15) is 11.1 Å². The average Bonchev–Trinajstić information content (AvgIpc) is 2.60. The Hall–Kier alpha value is -2.04. The predicted molar refractivity (Wildman–Crippen MR) is 99.7 cm³/mol. The minimum Gasteiger partial charge on any atom is -0.497 e. The number of nitrogens with two attached hydrogens (primary N) is 1. The third kappa shape index (κ3) is 6.22. The monoisotopic (exact) mass is 348 g/mol. The summed E-state index contributed by atoms with van der Waals surface area (Å²) in [6, 6.07) is 17.8. The average molecular weight is 349 g/mol. The minimum atomic E-state index is 0. The molecule has 0 saturated carbocycles. The molecule has 24 heavy (non-hydrogen) atoms. The van der Waals surface area contributed by atoms with Gasteiger partial charge in [-0.25, -0.2) is 0 Å². The summed E-state index contributed by atoms with van der Waals surface area (Å²) < 4.78 is 5.14. The van der Waals surface area contributed by atoms with Crippen LogP contribution < -0.4 is 10.5 Å². The van der Waals surface area contributed by atoms with Gasteiger partial charge in [0.25, 0.3) is 0 Å². The van der Waals surface area contributed by atoms with E-state index in [9.17, 15) is 4.79 Å². The summed E-state index contributed by atoms with van der Waals surface area (Å²) >= 11 is 0. The van der Waals surface area contributed by atoms with Crippen molar-refractivity contribution >= 4 is 18.3 Å². The Morgan fingerprint density at radius 3 is 2.25 bits per heavy atom. The second-order valence-electron chi connectivity index (χ2n) is 5.43. The SMILES string of the molecule is COc1ccc(CC(=O)N(CCN)CCc2ccccc2)cc1.Cl. The number of halogens is 1. The van der Waals surface area contributed by atoms with Crippen molar-refractivity contribution in [2.45, 2.75) is 12.8 Å². The molecule has 0 aliphatic rings. The van der Waals surface area contributed by atoms with Crippen molar-refractivity contribution in [3.05, 3.63) is 65.7 Å². The van der Waals surface area contributed by atoms with E-state index < -0.39 is 0 Å². The maximum atomic E-state index is 12.5. The van der Waals surface area contributed by atoms with Gasteiger partial charge in [0.05, 0.1) is 13.5 Å². The zero-order valence-corrected chi connectivity index (χ0v) is 14.8. The number of methoxy groups -OCH3 is 1. The molecule has 0 spiro atoms. The highest BCUT2D eigenvalue weighted by atomic mass is 35.5. The molecule has 2 aromatic rings. The van der Waals surface area contributed by atoms with Gasteiger partial charge in [0.1, 0.15) is 5.75 Å². The zero-order valence-electron chi connectivity index (χ0n) is 14.0. The van der Waals surface area contributed by atoms with E-state index in [4.69, 9.17) is 10.5 Å². The first kappa shape index (κ1) is 20.0. The summed E-state index contributed by atoms with van der Waals surface area (Å²) in [7, 11) is 1.63. The highest BCUT2D eigenvalue weighted by molar-refractivity contribution is 5.85. The third-order valence-corrected chi connectivity index (χ3v) is 3.78. The molecule has 5 heteroatoms. The molecule has 0 heterocycles. The minimum absolute atomic E-state index is 0. The van der Waals surface area contributed by atoms with Gasteiger partial charge in [-0.05, 0) is 29.7 Å². The molecule has 2 N–H and O–H groups in total. The molecule has 0 atom stereocenters. The molecule has 0 aromatic heterocycles. The third-order valence-electron chi connectivity index (χ3n) is 3.78. The summed E-state index contributed by atoms with van der Waals surface area (Å²) in [6.45, 7) is 1.75. The number of nitrogens with zero attached hydrogens (tertiary/aromatic N) is 1. The van der Waals surface area contributed by atoms with Crippen LogP contribution in [0.4, 0.5) is 0 Å². The lowest BCUT2D eigenvalue weighted by molar-refractivity contribution is -0.130. The second kappa shape index (κ2) is 10.7. The summed E-state index contributed by atoms with van der Waals surface area (Å²) in [5, 5.41) is 0. The summed E-state index contributed by atoms with van der Waals surface area (Å²) in [5.74, 6) is 0.903. The lowest BCUT2D eigenvalue weighted by atomic mass is 10.1. The Labute approximate surface area is 150 Å². The van der Waals surface area contributed by atoms with Crippen LogP contribution >= 0.6 is 12.4 Å². The van der Waals surface area contributed by atoms with Gasteiger partial charge >= 0.3 is 0 Å². The van der Waals surface area contributed by atoms with Gasteiger partial charge in [-0.1, -0.05) is 42.5 Å². The summed E-state index contributed by atoms with van der Waals surface area (Å²) in [5.41, 5.74) is 7.87. The van der Waals surface area contributed by atoms with Gasteiger partial charge in [0.15, 0.2) is 0 Å². The van der Waals surface area contributed by atoms with E-state index in [1.807, 2.05) is 47.4 Å². The molecular weight excluding hydrogens is 324 g/mol. The largest absolute Gasteiger partial charge is 0.497 e. The van der Waals surface area contributed by atoms with Crippen molar-refractivity contribution in [1.82, 2.24) is 4.90 Å². The molecule has 4 nitrogen and oxygen atoms in total. The maximum absolute atomic E-state index is 12.5. The van der Waals surface area contributed by atoms with Crippen LogP contribution in [0.5, 0.6) is 5.75 Å². The maximum Gasteiger partial charge on any atom is 0.227 e. The highest BCUT2D eigenvalue weighted by Crippen LogP contribution is 2.12. The first-order valence-electron chi connectivity index (χ1n) is 7.87. The van der Waals surface area contributed by atoms with Crippen LogP contribution in [-0.4, -0.2) is 37.6 Å². The summed E-state index contributed by atoms with van der Waals surface area (Å²) in [6.07, 6.45) is 1.23. The van der Waals surface area contributed by atoms with Gasteiger partial charge in [-0.3, -0.25) is 4.79 Å². The van der Waals surface area contributed by atoms with E-state index in [-0.39, 0.29) is 18.3 Å². The first-order chi connectivity index (χ1) is 11.2. The van der Waals surface area contributed by atoms with Gasteiger partial charge in [-0.2, -0.15) is 0 Å². The highest BCUT2D eigenvalue weighted by Gasteiger charge is 2.13. The fraction of sp³-hybridized carbons (Fsp3) is 0.316. The molecule has 0 aliphatic carbocycles. The first-order valence-corrected chi connectivity index (χ1v) is 7.87. The van der Waals surface area contributed by atoms with Crippen LogP contribution in [0.2, 0.25) is 0 Å². The van der Waals surface area contributed by atoms with Crippen molar-refractivity contribution in [3.8, 4) is 5.75 Å². The summed E-state index contributed by atoms with van der Waals surface area (Å²) in [4.78, 5) is 14.4. The molecular formula is C19H25ClN2O2. The quantitative estimate of drug-likeness (QED) is 0.798. The van der Waals surface area contributed by atoms with E-state index >= 15 is 0 Å². The number of amides is 1. The van der Waals surface area contributed by atoms with Crippen LogP contribution in [0.3, 0.4) is 0 Å². The Balaban J connectivity index is 0.00000288. The smallest absolute Gasteiger partial charge is 0.227 e. The lowest BCUT2D eigenvalue weighted by Crippen LogP contribution is -2.37. The van der Waals surface area contributed by atoms with Crippen LogP contribution in [-0.2, 0) is 17.6 Å². The predicted octanol–water partition coefficient (Wildman–Crippen LogP) is 2.69. The van der Waals surface area contributed by atoms with Crippen molar-refractivity contribution in [1.29, 1.82) is 0 Å². The van der Waals surface area contributed by atoms with Gasteiger partial charge < -0.3 is 15.4 Å². The molecule has 0 saturated heterocycles.